The number of esters is 1. The standard InChI is InChI=1S/C16H12ClFO4/c1-2-21-14-8-10(9-19)7-13(17)15(14)22-16(20)11-3-5-12(18)6-4-11/h3-9H,2H2,1H3. The lowest BCUT2D eigenvalue weighted by Crippen LogP contribution is -2.10. The molecule has 0 atom stereocenters. The van der Waals surface area contributed by atoms with Gasteiger partial charge in [-0.05, 0) is 43.3 Å². The molecule has 2 aromatic rings. The molecule has 2 aromatic carbocycles. The van der Waals surface area contributed by atoms with Crippen LogP contribution in [0.4, 0.5) is 4.39 Å². The Morgan fingerprint density at radius 3 is 2.55 bits per heavy atom. The van der Waals surface area contributed by atoms with E-state index < -0.39 is 11.8 Å². The molecule has 0 radical (unpaired) electrons. The van der Waals surface area contributed by atoms with Gasteiger partial charge in [0.25, 0.3) is 0 Å². The number of rotatable bonds is 5. The number of halogens is 2. The molecule has 0 saturated heterocycles. The molecule has 0 unspecified atom stereocenters. The molecule has 0 fully saturated rings. The largest absolute Gasteiger partial charge is 0.490 e. The van der Waals surface area contributed by atoms with Crippen molar-refractivity contribution in [3.63, 3.8) is 0 Å². The third-order valence-corrected chi connectivity index (χ3v) is 3.02. The summed E-state index contributed by atoms with van der Waals surface area (Å²) in [5, 5.41) is 0.0727. The lowest BCUT2D eigenvalue weighted by Gasteiger charge is -2.13. The van der Waals surface area contributed by atoms with E-state index in [9.17, 15) is 14.0 Å². The van der Waals surface area contributed by atoms with E-state index in [4.69, 9.17) is 21.1 Å². The molecule has 22 heavy (non-hydrogen) atoms. The van der Waals surface area contributed by atoms with Crippen molar-refractivity contribution in [1.82, 2.24) is 0 Å². The zero-order valence-electron chi connectivity index (χ0n) is 11.6. The van der Waals surface area contributed by atoms with Gasteiger partial charge in [-0.15, -0.1) is 0 Å². The fourth-order valence-corrected chi connectivity index (χ4v) is 2.01. The molecule has 0 aliphatic carbocycles. The minimum Gasteiger partial charge on any atom is -0.490 e. The van der Waals surface area contributed by atoms with Gasteiger partial charge in [0, 0.05) is 5.56 Å². The molecule has 0 heterocycles. The zero-order chi connectivity index (χ0) is 16.1. The fraction of sp³-hybridized carbons (Fsp3) is 0.125. The molecular formula is C16H12ClFO4. The van der Waals surface area contributed by atoms with Crippen molar-refractivity contribution in [2.75, 3.05) is 6.61 Å². The Morgan fingerprint density at radius 1 is 1.27 bits per heavy atom. The van der Waals surface area contributed by atoms with Gasteiger partial charge in [0.2, 0.25) is 0 Å². The summed E-state index contributed by atoms with van der Waals surface area (Å²) in [5.41, 5.74) is 0.467. The van der Waals surface area contributed by atoms with E-state index >= 15 is 0 Å². The molecule has 0 saturated carbocycles. The first-order valence-corrected chi connectivity index (χ1v) is 6.82. The van der Waals surface area contributed by atoms with Crippen molar-refractivity contribution in [2.24, 2.45) is 0 Å². The van der Waals surface area contributed by atoms with Crippen LogP contribution in [0.25, 0.3) is 0 Å². The number of ether oxygens (including phenoxy) is 2. The van der Waals surface area contributed by atoms with Gasteiger partial charge in [-0.3, -0.25) is 4.79 Å². The van der Waals surface area contributed by atoms with E-state index in [-0.39, 0.29) is 22.1 Å². The van der Waals surface area contributed by atoms with Crippen molar-refractivity contribution < 1.29 is 23.5 Å². The summed E-state index contributed by atoms with van der Waals surface area (Å²) in [5.74, 6) is -0.961. The maximum atomic E-state index is 12.9. The van der Waals surface area contributed by atoms with E-state index in [0.29, 0.717) is 18.5 Å². The van der Waals surface area contributed by atoms with Crippen LogP contribution in [0.2, 0.25) is 5.02 Å². The average Bonchev–Trinajstić information content (AvgIpc) is 2.51. The third kappa shape index (κ3) is 3.62. The second-order valence-electron chi connectivity index (χ2n) is 4.28. The van der Waals surface area contributed by atoms with Gasteiger partial charge in [0.1, 0.15) is 12.1 Å². The fourth-order valence-electron chi connectivity index (χ4n) is 1.76. The van der Waals surface area contributed by atoms with E-state index in [1.807, 2.05) is 0 Å². The van der Waals surface area contributed by atoms with Crippen LogP contribution in [0.3, 0.4) is 0 Å². The summed E-state index contributed by atoms with van der Waals surface area (Å²) >= 11 is 6.03. The van der Waals surface area contributed by atoms with E-state index in [1.165, 1.54) is 24.3 Å². The van der Waals surface area contributed by atoms with Crippen LogP contribution < -0.4 is 9.47 Å². The first-order chi connectivity index (χ1) is 10.5. The smallest absolute Gasteiger partial charge is 0.343 e. The van der Waals surface area contributed by atoms with Crippen LogP contribution in [0.15, 0.2) is 36.4 Å². The van der Waals surface area contributed by atoms with Gasteiger partial charge in [-0.1, -0.05) is 11.6 Å². The van der Waals surface area contributed by atoms with Gasteiger partial charge >= 0.3 is 5.97 Å². The van der Waals surface area contributed by atoms with Gasteiger partial charge in [0.15, 0.2) is 11.5 Å². The molecule has 0 aliphatic heterocycles. The van der Waals surface area contributed by atoms with Crippen LogP contribution in [0, 0.1) is 5.82 Å². The Labute approximate surface area is 131 Å². The Morgan fingerprint density at radius 2 is 1.95 bits per heavy atom. The summed E-state index contributed by atoms with van der Waals surface area (Å²) in [4.78, 5) is 22.9. The number of aldehydes is 1. The number of hydrogen-bond donors (Lipinski definition) is 0. The molecule has 0 aromatic heterocycles. The molecule has 2 rings (SSSR count). The molecule has 0 amide bonds. The van der Waals surface area contributed by atoms with Gasteiger partial charge in [-0.2, -0.15) is 0 Å². The summed E-state index contributed by atoms with van der Waals surface area (Å²) in [6, 6.07) is 7.69. The monoisotopic (exact) mass is 322 g/mol. The quantitative estimate of drug-likeness (QED) is 0.476. The third-order valence-electron chi connectivity index (χ3n) is 2.74. The van der Waals surface area contributed by atoms with Crippen molar-refractivity contribution >= 4 is 23.9 Å². The first kappa shape index (κ1) is 16.0. The highest BCUT2D eigenvalue weighted by Crippen LogP contribution is 2.36. The normalized spacial score (nSPS) is 10.1. The molecule has 6 heteroatoms. The zero-order valence-corrected chi connectivity index (χ0v) is 12.4. The molecule has 0 N–H and O–H groups in total. The Balaban J connectivity index is 2.33. The lowest BCUT2D eigenvalue weighted by atomic mass is 10.2. The Hall–Kier alpha value is -2.40. The van der Waals surface area contributed by atoms with Crippen LogP contribution in [-0.2, 0) is 0 Å². The number of benzene rings is 2. The maximum absolute atomic E-state index is 12.9. The van der Waals surface area contributed by atoms with Crippen molar-refractivity contribution in [3.8, 4) is 11.5 Å². The SMILES string of the molecule is CCOc1cc(C=O)cc(Cl)c1OC(=O)c1ccc(F)cc1. The number of carbonyl (C=O) groups excluding carboxylic acids is 2. The molecule has 0 bridgehead atoms. The van der Waals surface area contributed by atoms with Gasteiger partial charge in [-0.25, -0.2) is 9.18 Å². The van der Waals surface area contributed by atoms with Crippen LogP contribution in [0.1, 0.15) is 27.6 Å². The minimum absolute atomic E-state index is 0.0171. The van der Waals surface area contributed by atoms with Crippen LogP contribution in [0.5, 0.6) is 11.5 Å². The van der Waals surface area contributed by atoms with Crippen LogP contribution in [-0.4, -0.2) is 18.9 Å². The predicted octanol–water partition coefficient (Wildman–Crippen LogP) is 3.91. The van der Waals surface area contributed by atoms with E-state index in [1.54, 1.807) is 6.92 Å². The highest BCUT2D eigenvalue weighted by Gasteiger charge is 2.17. The second kappa shape index (κ2) is 7.04. The molecule has 114 valence electrons. The second-order valence-corrected chi connectivity index (χ2v) is 4.68. The highest BCUT2D eigenvalue weighted by atomic mass is 35.5. The summed E-state index contributed by atoms with van der Waals surface area (Å²) < 4.78 is 23.4. The topological polar surface area (TPSA) is 52.6 Å². The van der Waals surface area contributed by atoms with E-state index in [2.05, 4.69) is 0 Å². The van der Waals surface area contributed by atoms with E-state index in [0.717, 1.165) is 12.1 Å². The minimum atomic E-state index is -0.707. The maximum Gasteiger partial charge on any atom is 0.343 e. The molecule has 0 aliphatic rings. The molecular weight excluding hydrogens is 311 g/mol. The number of carbonyl (C=O) groups is 2. The summed E-state index contributed by atoms with van der Waals surface area (Å²) in [6.45, 7) is 2.05. The first-order valence-electron chi connectivity index (χ1n) is 6.44. The summed E-state index contributed by atoms with van der Waals surface area (Å²) in [6.07, 6.45) is 0.611. The van der Waals surface area contributed by atoms with Crippen molar-refractivity contribution in [2.45, 2.75) is 6.92 Å². The average molecular weight is 323 g/mol. The van der Waals surface area contributed by atoms with Crippen molar-refractivity contribution in [1.29, 1.82) is 0 Å². The predicted molar refractivity (Wildman–Crippen MR) is 79.4 cm³/mol. The van der Waals surface area contributed by atoms with Gasteiger partial charge in [0.05, 0.1) is 17.2 Å². The molecule has 4 nitrogen and oxygen atoms in total. The summed E-state index contributed by atoms with van der Waals surface area (Å²) in [7, 11) is 0. The van der Waals surface area contributed by atoms with Crippen molar-refractivity contribution in [3.05, 3.63) is 58.4 Å². The molecule has 0 spiro atoms. The Kier molecular flexibility index (Phi) is 5.12. The lowest BCUT2D eigenvalue weighted by molar-refractivity contribution is 0.0728. The Bertz CT molecular complexity index is 698. The van der Waals surface area contributed by atoms with Crippen LogP contribution >= 0.6 is 11.6 Å². The van der Waals surface area contributed by atoms with Gasteiger partial charge < -0.3 is 9.47 Å². The highest BCUT2D eigenvalue weighted by molar-refractivity contribution is 6.32. The number of hydrogen-bond acceptors (Lipinski definition) is 4.